The Bertz CT molecular complexity index is 385. The molecule has 4 heteroatoms. The van der Waals surface area contributed by atoms with E-state index in [1.807, 2.05) is 13.0 Å². The molecule has 1 N–H and O–H groups in total. The lowest BCUT2D eigenvalue weighted by Gasteiger charge is -2.29. The Kier molecular flexibility index (Phi) is 3.41. The van der Waals surface area contributed by atoms with Crippen molar-refractivity contribution in [3.8, 4) is 0 Å². The molecule has 0 aliphatic carbocycles. The summed E-state index contributed by atoms with van der Waals surface area (Å²) in [7, 11) is 0. The van der Waals surface area contributed by atoms with Crippen LogP contribution in [0.3, 0.4) is 0 Å². The lowest BCUT2D eigenvalue weighted by Crippen LogP contribution is -2.36. The Labute approximate surface area is 95.1 Å². The molecule has 0 amide bonds. The second kappa shape index (κ2) is 4.99. The number of rotatable bonds is 2. The van der Waals surface area contributed by atoms with Crippen molar-refractivity contribution < 1.29 is 9.94 Å². The first-order valence-corrected chi connectivity index (χ1v) is 5.42. The molecule has 1 aromatic carbocycles. The topological polar surface area (TPSA) is 45.1 Å². The minimum atomic E-state index is 0.791. The van der Waals surface area contributed by atoms with E-state index < -0.39 is 0 Å². The monoisotopic (exact) mass is 220 g/mol. The van der Waals surface area contributed by atoms with E-state index in [0.717, 1.165) is 37.4 Å². The summed E-state index contributed by atoms with van der Waals surface area (Å²) in [5.41, 5.74) is 3.26. The highest BCUT2D eigenvalue weighted by molar-refractivity contribution is 5.82. The number of hydrogen-bond acceptors (Lipinski definition) is 4. The predicted octanol–water partition coefficient (Wildman–Crippen LogP) is 1.64. The third kappa shape index (κ3) is 2.33. The standard InChI is InChI=1S/C12H16N2O2/c1-10-8-12(3-2-11(10)9-13-15)14-4-6-16-7-5-14/h2-3,8-9,15H,4-7H2,1H3. The van der Waals surface area contributed by atoms with Gasteiger partial charge in [0.15, 0.2) is 0 Å². The van der Waals surface area contributed by atoms with Crippen LogP contribution in [0.25, 0.3) is 0 Å². The molecule has 0 atom stereocenters. The van der Waals surface area contributed by atoms with Gasteiger partial charge in [-0.3, -0.25) is 0 Å². The summed E-state index contributed by atoms with van der Waals surface area (Å²) in [6.45, 7) is 5.47. The van der Waals surface area contributed by atoms with Crippen molar-refractivity contribution in [2.24, 2.45) is 5.16 Å². The quantitative estimate of drug-likeness (QED) is 0.468. The van der Waals surface area contributed by atoms with Crippen molar-refractivity contribution in [3.05, 3.63) is 29.3 Å². The van der Waals surface area contributed by atoms with Gasteiger partial charge in [-0.15, -0.1) is 0 Å². The lowest BCUT2D eigenvalue weighted by molar-refractivity contribution is 0.122. The van der Waals surface area contributed by atoms with Crippen LogP contribution in [0.4, 0.5) is 5.69 Å². The van der Waals surface area contributed by atoms with Crippen molar-refractivity contribution in [1.82, 2.24) is 0 Å². The number of anilines is 1. The zero-order valence-electron chi connectivity index (χ0n) is 9.39. The van der Waals surface area contributed by atoms with Crippen molar-refractivity contribution in [3.63, 3.8) is 0 Å². The second-order valence-corrected chi connectivity index (χ2v) is 3.88. The Balaban J connectivity index is 2.19. The molecule has 1 saturated heterocycles. The van der Waals surface area contributed by atoms with E-state index >= 15 is 0 Å². The van der Waals surface area contributed by atoms with E-state index in [1.54, 1.807) is 0 Å². The van der Waals surface area contributed by atoms with E-state index in [0.29, 0.717) is 0 Å². The first kappa shape index (κ1) is 11.0. The van der Waals surface area contributed by atoms with Crippen molar-refractivity contribution in [1.29, 1.82) is 0 Å². The molecule has 0 radical (unpaired) electrons. The normalized spacial score (nSPS) is 16.9. The largest absolute Gasteiger partial charge is 0.411 e. The third-order valence-electron chi connectivity index (χ3n) is 2.83. The summed E-state index contributed by atoms with van der Waals surface area (Å²) >= 11 is 0. The average Bonchev–Trinajstić information content (AvgIpc) is 2.33. The molecule has 2 rings (SSSR count). The van der Waals surface area contributed by atoms with Gasteiger partial charge in [0.1, 0.15) is 0 Å². The summed E-state index contributed by atoms with van der Waals surface area (Å²) in [4.78, 5) is 2.30. The van der Waals surface area contributed by atoms with Crippen molar-refractivity contribution >= 4 is 11.9 Å². The first-order chi connectivity index (χ1) is 7.81. The smallest absolute Gasteiger partial charge is 0.0736 e. The van der Waals surface area contributed by atoms with Gasteiger partial charge in [0.05, 0.1) is 19.4 Å². The van der Waals surface area contributed by atoms with Crippen LogP contribution < -0.4 is 4.90 Å². The maximum atomic E-state index is 8.50. The van der Waals surface area contributed by atoms with Crippen LogP contribution in [0.5, 0.6) is 0 Å². The van der Waals surface area contributed by atoms with Gasteiger partial charge in [0.2, 0.25) is 0 Å². The highest BCUT2D eigenvalue weighted by atomic mass is 16.5. The zero-order chi connectivity index (χ0) is 11.4. The summed E-state index contributed by atoms with van der Waals surface area (Å²) < 4.78 is 5.32. The fourth-order valence-corrected chi connectivity index (χ4v) is 1.89. The molecule has 1 aromatic rings. The molecule has 1 heterocycles. The van der Waals surface area contributed by atoms with Gasteiger partial charge >= 0.3 is 0 Å². The summed E-state index contributed by atoms with van der Waals surface area (Å²) in [5.74, 6) is 0. The molecule has 1 aliphatic heterocycles. The molecule has 16 heavy (non-hydrogen) atoms. The average molecular weight is 220 g/mol. The minimum Gasteiger partial charge on any atom is -0.411 e. The maximum Gasteiger partial charge on any atom is 0.0736 e. The minimum absolute atomic E-state index is 0.791. The Hall–Kier alpha value is -1.55. The first-order valence-electron chi connectivity index (χ1n) is 5.42. The number of aryl methyl sites for hydroxylation is 1. The van der Waals surface area contributed by atoms with Crippen LogP contribution in [-0.4, -0.2) is 37.7 Å². The van der Waals surface area contributed by atoms with Crippen LogP contribution in [0.2, 0.25) is 0 Å². The molecular formula is C12H16N2O2. The van der Waals surface area contributed by atoms with Gasteiger partial charge in [-0.05, 0) is 30.2 Å². The third-order valence-corrected chi connectivity index (χ3v) is 2.83. The zero-order valence-corrected chi connectivity index (χ0v) is 9.39. The fourth-order valence-electron chi connectivity index (χ4n) is 1.89. The molecule has 0 bridgehead atoms. The van der Waals surface area contributed by atoms with Gasteiger partial charge in [-0.2, -0.15) is 0 Å². The molecule has 0 spiro atoms. The highest BCUT2D eigenvalue weighted by Gasteiger charge is 2.11. The predicted molar refractivity (Wildman–Crippen MR) is 63.6 cm³/mol. The van der Waals surface area contributed by atoms with Gasteiger partial charge in [0.25, 0.3) is 0 Å². The van der Waals surface area contributed by atoms with Gasteiger partial charge < -0.3 is 14.8 Å². The molecule has 0 unspecified atom stereocenters. The van der Waals surface area contributed by atoms with Crippen LogP contribution in [0.1, 0.15) is 11.1 Å². The number of nitrogens with zero attached hydrogens (tertiary/aromatic N) is 2. The molecule has 0 saturated carbocycles. The van der Waals surface area contributed by atoms with Crippen LogP contribution in [0, 0.1) is 6.92 Å². The Morgan fingerprint density at radius 3 is 2.75 bits per heavy atom. The molecule has 86 valence electrons. The maximum absolute atomic E-state index is 8.50. The van der Waals surface area contributed by atoms with Crippen molar-refractivity contribution in [2.45, 2.75) is 6.92 Å². The lowest BCUT2D eigenvalue weighted by atomic mass is 10.1. The van der Waals surface area contributed by atoms with E-state index in [-0.39, 0.29) is 0 Å². The number of hydrogen-bond donors (Lipinski definition) is 1. The van der Waals surface area contributed by atoms with Crippen LogP contribution in [-0.2, 0) is 4.74 Å². The molecule has 4 nitrogen and oxygen atoms in total. The SMILES string of the molecule is Cc1cc(N2CCOCC2)ccc1C=NO. The molecule has 1 aliphatic rings. The number of ether oxygens (including phenoxy) is 1. The van der Waals surface area contributed by atoms with E-state index in [4.69, 9.17) is 9.94 Å². The summed E-state index contributed by atoms with van der Waals surface area (Å²) in [6.07, 6.45) is 1.46. The molecular weight excluding hydrogens is 204 g/mol. The fraction of sp³-hybridized carbons (Fsp3) is 0.417. The second-order valence-electron chi connectivity index (χ2n) is 3.88. The number of morpholine rings is 1. The van der Waals surface area contributed by atoms with E-state index in [9.17, 15) is 0 Å². The molecule has 0 aromatic heterocycles. The van der Waals surface area contributed by atoms with E-state index in [1.165, 1.54) is 11.9 Å². The van der Waals surface area contributed by atoms with E-state index in [2.05, 4.69) is 22.2 Å². The van der Waals surface area contributed by atoms with Crippen molar-refractivity contribution in [2.75, 3.05) is 31.2 Å². The van der Waals surface area contributed by atoms with Gasteiger partial charge in [-0.1, -0.05) is 11.2 Å². The highest BCUT2D eigenvalue weighted by Crippen LogP contribution is 2.19. The number of benzene rings is 1. The summed E-state index contributed by atoms with van der Waals surface area (Å²) in [5, 5.41) is 11.6. The van der Waals surface area contributed by atoms with Crippen LogP contribution >= 0.6 is 0 Å². The van der Waals surface area contributed by atoms with Crippen LogP contribution in [0.15, 0.2) is 23.4 Å². The Morgan fingerprint density at radius 2 is 2.12 bits per heavy atom. The summed E-state index contributed by atoms with van der Waals surface area (Å²) in [6, 6.07) is 6.14. The number of oxime groups is 1. The van der Waals surface area contributed by atoms with Gasteiger partial charge in [-0.25, -0.2) is 0 Å². The molecule has 1 fully saturated rings. The van der Waals surface area contributed by atoms with Gasteiger partial charge in [0, 0.05) is 18.8 Å². The Morgan fingerprint density at radius 1 is 1.38 bits per heavy atom.